The molecule has 2 aromatic rings. The average molecular weight is 275 g/mol. The molecule has 0 aliphatic heterocycles. The molecule has 0 aromatic carbocycles. The van der Waals surface area contributed by atoms with Crippen LogP contribution in [0, 0.1) is 0 Å². The van der Waals surface area contributed by atoms with E-state index in [-0.39, 0.29) is 18.9 Å². The van der Waals surface area contributed by atoms with Crippen LogP contribution in [0.15, 0.2) is 30.6 Å². The zero-order valence-corrected chi connectivity index (χ0v) is 11.6. The average Bonchev–Trinajstić information content (AvgIpc) is 2.86. The number of methoxy groups -OCH3 is 1. The van der Waals surface area contributed by atoms with Gasteiger partial charge in [0.1, 0.15) is 12.2 Å². The number of rotatable bonds is 5. The largest absolute Gasteiger partial charge is 0.468 e. The lowest BCUT2D eigenvalue weighted by Crippen LogP contribution is -2.37. The van der Waals surface area contributed by atoms with Gasteiger partial charge in [-0.2, -0.15) is 0 Å². The Balaban J connectivity index is 2.07. The number of imidazole rings is 1. The molecular formula is C14H17N3O3. The van der Waals surface area contributed by atoms with Crippen LogP contribution in [0.3, 0.4) is 0 Å². The second kappa shape index (κ2) is 6.18. The molecule has 0 unspecified atom stereocenters. The number of carbonyl (C=O) groups is 2. The predicted octanol–water partition coefficient (Wildman–Crippen LogP) is 0.898. The van der Waals surface area contributed by atoms with E-state index >= 15 is 0 Å². The van der Waals surface area contributed by atoms with E-state index in [1.165, 1.54) is 12.0 Å². The monoisotopic (exact) mass is 275 g/mol. The Morgan fingerprint density at radius 3 is 2.85 bits per heavy atom. The van der Waals surface area contributed by atoms with E-state index in [9.17, 15) is 9.59 Å². The number of aromatic nitrogens is 2. The van der Waals surface area contributed by atoms with Crippen LogP contribution >= 0.6 is 0 Å². The number of carbonyl (C=O) groups excluding carboxylic acids is 2. The number of pyridine rings is 1. The summed E-state index contributed by atoms with van der Waals surface area (Å²) in [6.07, 6.45) is 3.87. The van der Waals surface area contributed by atoms with Gasteiger partial charge in [-0.3, -0.25) is 9.59 Å². The Labute approximate surface area is 117 Å². The highest BCUT2D eigenvalue weighted by Crippen LogP contribution is 2.06. The molecule has 0 N–H and O–H groups in total. The van der Waals surface area contributed by atoms with Crippen LogP contribution in [-0.2, 0) is 20.7 Å². The van der Waals surface area contributed by atoms with Crippen LogP contribution in [0.4, 0.5) is 0 Å². The van der Waals surface area contributed by atoms with Crippen molar-refractivity contribution in [2.45, 2.75) is 13.3 Å². The van der Waals surface area contributed by atoms with Crippen LogP contribution < -0.4 is 0 Å². The van der Waals surface area contributed by atoms with Gasteiger partial charge >= 0.3 is 5.97 Å². The first kappa shape index (κ1) is 14.0. The SMILES string of the molecule is CCN(CC(=O)OC)C(=O)Cc1cn2ccccc2n1. The van der Waals surface area contributed by atoms with Gasteiger partial charge in [0.15, 0.2) is 0 Å². The van der Waals surface area contributed by atoms with Crippen molar-refractivity contribution >= 4 is 17.5 Å². The molecule has 0 atom stereocenters. The van der Waals surface area contributed by atoms with E-state index in [0.29, 0.717) is 12.2 Å². The van der Waals surface area contributed by atoms with Crippen molar-refractivity contribution in [2.24, 2.45) is 0 Å². The minimum Gasteiger partial charge on any atom is -0.468 e. The highest BCUT2D eigenvalue weighted by molar-refractivity contribution is 5.83. The van der Waals surface area contributed by atoms with Crippen molar-refractivity contribution in [2.75, 3.05) is 20.2 Å². The van der Waals surface area contributed by atoms with E-state index in [1.807, 2.05) is 41.9 Å². The van der Waals surface area contributed by atoms with Gasteiger partial charge in [0.05, 0.1) is 19.2 Å². The fourth-order valence-electron chi connectivity index (χ4n) is 1.94. The third-order valence-electron chi connectivity index (χ3n) is 3.03. The van der Waals surface area contributed by atoms with Gasteiger partial charge in [-0.25, -0.2) is 4.98 Å². The topological polar surface area (TPSA) is 63.9 Å². The Hall–Kier alpha value is -2.37. The van der Waals surface area contributed by atoms with E-state index in [1.54, 1.807) is 0 Å². The Morgan fingerprint density at radius 1 is 1.40 bits per heavy atom. The minimum atomic E-state index is -0.421. The molecule has 20 heavy (non-hydrogen) atoms. The minimum absolute atomic E-state index is 0.0286. The molecule has 0 saturated heterocycles. The van der Waals surface area contributed by atoms with E-state index < -0.39 is 5.97 Å². The molecule has 106 valence electrons. The summed E-state index contributed by atoms with van der Waals surface area (Å²) < 4.78 is 6.44. The highest BCUT2D eigenvalue weighted by atomic mass is 16.5. The van der Waals surface area contributed by atoms with Crippen molar-refractivity contribution < 1.29 is 14.3 Å². The standard InChI is InChI=1S/C14H17N3O3/c1-3-16(10-14(19)20-2)13(18)8-11-9-17-7-5-4-6-12(17)15-11/h4-7,9H,3,8,10H2,1-2H3. The lowest BCUT2D eigenvalue weighted by Gasteiger charge is -2.18. The number of hydrogen-bond donors (Lipinski definition) is 0. The lowest BCUT2D eigenvalue weighted by atomic mass is 10.3. The number of fused-ring (bicyclic) bond motifs is 1. The predicted molar refractivity (Wildman–Crippen MR) is 73.2 cm³/mol. The molecule has 1 amide bonds. The summed E-state index contributed by atoms with van der Waals surface area (Å²) in [6.45, 7) is 2.25. The van der Waals surface area contributed by atoms with E-state index in [4.69, 9.17) is 0 Å². The Kier molecular flexibility index (Phi) is 4.34. The Morgan fingerprint density at radius 2 is 2.20 bits per heavy atom. The van der Waals surface area contributed by atoms with Gasteiger partial charge < -0.3 is 14.0 Å². The maximum absolute atomic E-state index is 12.1. The fraction of sp³-hybridized carbons (Fsp3) is 0.357. The van der Waals surface area contributed by atoms with Crippen LogP contribution in [0.5, 0.6) is 0 Å². The summed E-state index contributed by atoms with van der Waals surface area (Å²) in [5.74, 6) is -0.559. The molecule has 0 radical (unpaired) electrons. The molecule has 0 fully saturated rings. The van der Waals surface area contributed by atoms with Crippen molar-refractivity contribution in [3.05, 3.63) is 36.3 Å². The summed E-state index contributed by atoms with van der Waals surface area (Å²) in [5.41, 5.74) is 1.48. The zero-order valence-electron chi connectivity index (χ0n) is 11.6. The maximum Gasteiger partial charge on any atom is 0.325 e. The van der Waals surface area contributed by atoms with Gasteiger partial charge in [-0.1, -0.05) is 6.07 Å². The quantitative estimate of drug-likeness (QED) is 0.760. The van der Waals surface area contributed by atoms with Gasteiger partial charge in [-0.15, -0.1) is 0 Å². The van der Waals surface area contributed by atoms with Gasteiger partial charge in [0.25, 0.3) is 0 Å². The normalized spacial score (nSPS) is 10.5. The second-order valence-electron chi connectivity index (χ2n) is 4.36. The molecule has 0 aliphatic carbocycles. The van der Waals surface area contributed by atoms with Crippen LogP contribution in [0.1, 0.15) is 12.6 Å². The number of amides is 1. The third kappa shape index (κ3) is 3.14. The van der Waals surface area contributed by atoms with Crippen molar-refractivity contribution in [3.63, 3.8) is 0 Å². The van der Waals surface area contributed by atoms with E-state index in [2.05, 4.69) is 9.72 Å². The highest BCUT2D eigenvalue weighted by Gasteiger charge is 2.17. The van der Waals surface area contributed by atoms with Crippen LogP contribution in [0.25, 0.3) is 5.65 Å². The summed E-state index contributed by atoms with van der Waals surface area (Å²) in [4.78, 5) is 29.2. The van der Waals surface area contributed by atoms with E-state index in [0.717, 1.165) is 5.65 Å². The summed E-state index contributed by atoms with van der Waals surface area (Å²) in [6, 6.07) is 5.67. The smallest absolute Gasteiger partial charge is 0.325 e. The van der Waals surface area contributed by atoms with Gasteiger partial charge in [0, 0.05) is 18.9 Å². The van der Waals surface area contributed by atoms with Gasteiger partial charge in [-0.05, 0) is 19.1 Å². The summed E-state index contributed by atoms with van der Waals surface area (Å²) in [7, 11) is 1.31. The molecule has 0 bridgehead atoms. The maximum atomic E-state index is 12.1. The number of likely N-dealkylation sites (N-methyl/N-ethyl adjacent to an activating group) is 1. The zero-order chi connectivity index (χ0) is 14.5. The molecule has 2 heterocycles. The molecule has 0 saturated carbocycles. The van der Waals surface area contributed by atoms with Crippen molar-refractivity contribution in [1.82, 2.24) is 14.3 Å². The van der Waals surface area contributed by atoms with Crippen molar-refractivity contribution in [3.8, 4) is 0 Å². The first-order valence-electron chi connectivity index (χ1n) is 6.41. The fourth-order valence-corrected chi connectivity index (χ4v) is 1.94. The number of ether oxygens (including phenoxy) is 1. The third-order valence-corrected chi connectivity index (χ3v) is 3.03. The first-order valence-corrected chi connectivity index (χ1v) is 6.41. The molecule has 6 nitrogen and oxygen atoms in total. The summed E-state index contributed by atoms with van der Waals surface area (Å²) >= 11 is 0. The second-order valence-corrected chi connectivity index (χ2v) is 4.36. The number of esters is 1. The molecule has 6 heteroatoms. The lowest BCUT2D eigenvalue weighted by molar-refractivity contribution is -0.146. The summed E-state index contributed by atoms with van der Waals surface area (Å²) in [5, 5.41) is 0. The Bertz CT molecular complexity index is 588. The number of nitrogens with zero attached hydrogens (tertiary/aromatic N) is 3. The molecule has 2 rings (SSSR count). The van der Waals surface area contributed by atoms with Crippen LogP contribution in [-0.4, -0.2) is 46.4 Å². The number of hydrogen-bond acceptors (Lipinski definition) is 4. The first-order chi connectivity index (χ1) is 9.63. The van der Waals surface area contributed by atoms with Crippen LogP contribution in [0.2, 0.25) is 0 Å². The molecule has 0 spiro atoms. The van der Waals surface area contributed by atoms with Crippen molar-refractivity contribution in [1.29, 1.82) is 0 Å². The molecule has 2 aromatic heterocycles. The molecular weight excluding hydrogens is 258 g/mol. The molecule has 0 aliphatic rings. The van der Waals surface area contributed by atoms with Gasteiger partial charge in [0.2, 0.25) is 5.91 Å².